The summed E-state index contributed by atoms with van der Waals surface area (Å²) < 4.78 is 36.6. The van der Waals surface area contributed by atoms with Gasteiger partial charge in [0.2, 0.25) is 0 Å². The third-order valence-electron chi connectivity index (χ3n) is 5.41. The van der Waals surface area contributed by atoms with Crippen molar-refractivity contribution in [2.45, 2.75) is 50.7 Å². The van der Waals surface area contributed by atoms with Crippen LogP contribution in [0, 0.1) is 0 Å². The zero-order valence-corrected chi connectivity index (χ0v) is 25.3. The van der Waals surface area contributed by atoms with Gasteiger partial charge < -0.3 is 31.2 Å². The first-order valence-electron chi connectivity index (χ1n) is 13.2. The fourth-order valence-electron chi connectivity index (χ4n) is 3.67. The zero-order valence-electron chi connectivity index (χ0n) is 24.5. The number of carbonyl (C=O) groups is 3. The van der Waals surface area contributed by atoms with Crippen LogP contribution < -0.4 is 21.7 Å². The van der Waals surface area contributed by atoms with Gasteiger partial charge in [0.25, 0.3) is 5.91 Å². The average molecular weight is 614 g/mol. The lowest BCUT2D eigenvalue weighted by atomic mass is 10.1. The van der Waals surface area contributed by atoms with E-state index >= 15 is 0 Å². The number of benzene rings is 1. The van der Waals surface area contributed by atoms with Crippen molar-refractivity contribution in [3.63, 3.8) is 0 Å². The van der Waals surface area contributed by atoms with Crippen LogP contribution in [0.4, 0.5) is 21.1 Å². The number of carbonyl (C=O) groups excluding carboxylic acids is 3. The molecule has 0 aliphatic heterocycles. The monoisotopic (exact) mass is 613 g/mol. The van der Waals surface area contributed by atoms with Gasteiger partial charge >= 0.3 is 12.2 Å². The molecule has 0 atom stereocenters. The van der Waals surface area contributed by atoms with E-state index in [2.05, 4.69) is 30.9 Å². The molecule has 1 aromatic carbocycles. The lowest BCUT2D eigenvalue weighted by Crippen LogP contribution is -2.42. The number of sulfone groups is 1. The summed E-state index contributed by atoms with van der Waals surface area (Å²) in [6.45, 7) is 8.26. The molecular formula is C28H35N7O7S. The smallest absolute Gasteiger partial charge is 0.407 e. The molecule has 3 rings (SSSR count). The summed E-state index contributed by atoms with van der Waals surface area (Å²) in [7, 11) is -3.88. The molecule has 0 unspecified atom stereocenters. The van der Waals surface area contributed by atoms with Gasteiger partial charge in [-0.15, -0.1) is 0 Å². The molecular weight excluding hydrogens is 578 g/mol. The first kappa shape index (κ1) is 32.7. The molecule has 0 saturated heterocycles. The summed E-state index contributed by atoms with van der Waals surface area (Å²) in [6, 6.07) is 9.13. The largest absolute Gasteiger partial charge is 0.444 e. The number of hydrogen-bond acceptors (Lipinski definition) is 11. The van der Waals surface area contributed by atoms with E-state index in [1.54, 1.807) is 39.1 Å². The Morgan fingerprint density at radius 1 is 0.907 bits per heavy atom. The summed E-state index contributed by atoms with van der Waals surface area (Å²) in [5, 5.41) is 7.59. The van der Waals surface area contributed by atoms with Gasteiger partial charge in [-0.2, -0.15) is 0 Å². The number of hydrogen-bond donors (Lipinski definition) is 4. The zero-order chi connectivity index (χ0) is 31.8. The molecule has 15 heteroatoms. The van der Waals surface area contributed by atoms with Crippen LogP contribution in [-0.2, 0) is 19.3 Å². The third-order valence-corrected chi connectivity index (χ3v) is 7.48. The van der Waals surface area contributed by atoms with Crippen LogP contribution in [0.5, 0.6) is 0 Å². The second-order valence-corrected chi connectivity index (χ2v) is 13.0. The molecule has 3 aromatic rings. The molecule has 14 nitrogen and oxygen atoms in total. The first-order valence-corrected chi connectivity index (χ1v) is 14.8. The highest BCUT2D eigenvalue weighted by Crippen LogP contribution is 2.24. The number of alkyl carbamates (subject to hydrolysis) is 2. The Labute approximate surface area is 249 Å². The molecule has 0 spiro atoms. The highest BCUT2D eigenvalue weighted by Gasteiger charge is 2.31. The van der Waals surface area contributed by atoms with Crippen molar-refractivity contribution >= 4 is 39.4 Å². The van der Waals surface area contributed by atoms with Crippen LogP contribution in [0.2, 0.25) is 0 Å². The number of pyridine rings is 1. The molecule has 0 radical (unpaired) electrons. The molecule has 43 heavy (non-hydrogen) atoms. The normalized spacial score (nSPS) is 11.7. The first-order chi connectivity index (χ1) is 20.0. The number of nitrogens with zero attached hydrogens (tertiary/aromatic N) is 3. The lowest BCUT2D eigenvalue weighted by molar-refractivity contribution is 0.0498. The quantitative estimate of drug-likeness (QED) is 0.244. The SMILES string of the molecule is CC(C)(C)OC(=O)NCCNC(=O)OC(C)(C)CS(=O)(=O)c1ccc(-c2cnc(N)c(C(=O)Nc3cccnc3)n2)cc1. The highest BCUT2D eigenvalue weighted by molar-refractivity contribution is 7.91. The second kappa shape index (κ2) is 13.5. The van der Waals surface area contributed by atoms with E-state index in [1.165, 1.54) is 50.5 Å². The van der Waals surface area contributed by atoms with Crippen LogP contribution in [-0.4, -0.2) is 71.5 Å². The number of anilines is 2. The van der Waals surface area contributed by atoms with Crippen molar-refractivity contribution in [2.24, 2.45) is 0 Å². The van der Waals surface area contributed by atoms with E-state index in [1.807, 2.05) is 0 Å². The van der Waals surface area contributed by atoms with Crippen LogP contribution in [0.1, 0.15) is 45.1 Å². The summed E-state index contributed by atoms with van der Waals surface area (Å²) in [6.07, 6.45) is 2.94. The topological polar surface area (TPSA) is 205 Å². The molecule has 0 aliphatic carbocycles. The van der Waals surface area contributed by atoms with Crippen LogP contribution in [0.3, 0.4) is 0 Å². The second-order valence-electron chi connectivity index (χ2n) is 11.0. The van der Waals surface area contributed by atoms with Gasteiger partial charge in [-0.25, -0.2) is 28.0 Å². The van der Waals surface area contributed by atoms with Gasteiger partial charge in [0.05, 0.1) is 34.4 Å². The van der Waals surface area contributed by atoms with E-state index < -0.39 is 44.9 Å². The Kier molecular flexibility index (Phi) is 10.2. The summed E-state index contributed by atoms with van der Waals surface area (Å²) in [5.41, 5.74) is 4.99. The minimum atomic E-state index is -3.88. The van der Waals surface area contributed by atoms with Gasteiger partial charge in [0, 0.05) is 24.8 Å². The van der Waals surface area contributed by atoms with Gasteiger partial charge in [-0.1, -0.05) is 12.1 Å². The standard InChI is InChI=1S/C28H35N7O7S/c1-27(2,3)41-25(37)31-13-14-32-26(38)42-28(4,5)17-43(39,40)20-10-8-18(9-11-20)21-16-33-23(29)22(35-21)24(36)34-19-7-6-12-30-15-19/h6-12,15-16H,13-14,17H2,1-5H3,(H2,29,33)(H,31,37)(H,32,38)(H,34,36). The summed E-state index contributed by atoms with van der Waals surface area (Å²) in [5.74, 6) is -1.15. The molecule has 0 saturated carbocycles. The Morgan fingerprint density at radius 2 is 1.53 bits per heavy atom. The Bertz CT molecular complexity index is 1560. The Hall–Kier alpha value is -4.79. The lowest BCUT2D eigenvalue weighted by Gasteiger charge is -2.25. The van der Waals surface area contributed by atoms with E-state index in [9.17, 15) is 22.8 Å². The summed E-state index contributed by atoms with van der Waals surface area (Å²) in [4.78, 5) is 48.9. The van der Waals surface area contributed by atoms with Crippen molar-refractivity contribution in [2.75, 3.05) is 29.9 Å². The van der Waals surface area contributed by atoms with E-state index in [0.717, 1.165) is 0 Å². The Balaban J connectivity index is 1.60. The molecule has 2 aromatic heterocycles. The predicted octanol–water partition coefficient (Wildman–Crippen LogP) is 3.18. The van der Waals surface area contributed by atoms with E-state index in [0.29, 0.717) is 16.9 Å². The number of nitrogens with two attached hydrogens (primary N) is 1. The van der Waals surface area contributed by atoms with Gasteiger partial charge in [-0.3, -0.25) is 9.78 Å². The number of rotatable bonds is 10. The summed E-state index contributed by atoms with van der Waals surface area (Å²) >= 11 is 0. The van der Waals surface area contributed by atoms with Crippen LogP contribution in [0.15, 0.2) is 59.9 Å². The van der Waals surface area contributed by atoms with Crippen LogP contribution in [0.25, 0.3) is 11.3 Å². The van der Waals surface area contributed by atoms with Crippen molar-refractivity contribution in [3.8, 4) is 11.3 Å². The maximum atomic E-state index is 13.1. The van der Waals surface area contributed by atoms with E-state index in [4.69, 9.17) is 15.2 Å². The minimum Gasteiger partial charge on any atom is -0.444 e. The van der Waals surface area contributed by atoms with Crippen molar-refractivity contribution in [1.29, 1.82) is 0 Å². The number of ether oxygens (including phenoxy) is 2. The third kappa shape index (κ3) is 10.2. The van der Waals surface area contributed by atoms with Crippen molar-refractivity contribution in [1.82, 2.24) is 25.6 Å². The van der Waals surface area contributed by atoms with Crippen molar-refractivity contribution < 1.29 is 32.3 Å². The molecule has 2 heterocycles. The highest BCUT2D eigenvalue weighted by atomic mass is 32.2. The number of amides is 3. The van der Waals surface area contributed by atoms with Gasteiger partial charge in [0.1, 0.15) is 11.2 Å². The molecule has 0 bridgehead atoms. The molecule has 3 amide bonds. The number of aromatic nitrogens is 3. The maximum absolute atomic E-state index is 13.1. The molecule has 5 N–H and O–H groups in total. The Morgan fingerprint density at radius 3 is 2.12 bits per heavy atom. The average Bonchev–Trinajstić information content (AvgIpc) is 2.90. The van der Waals surface area contributed by atoms with Crippen LogP contribution >= 0.6 is 0 Å². The number of nitrogen functional groups attached to an aromatic ring is 1. The van der Waals surface area contributed by atoms with Gasteiger partial charge in [-0.05, 0) is 58.9 Å². The molecule has 0 fully saturated rings. The minimum absolute atomic E-state index is 0.00663. The molecule has 230 valence electrons. The molecule has 0 aliphatic rings. The van der Waals surface area contributed by atoms with E-state index in [-0.39, 0.29) is 29.5 Å². The van der Waals surface area contributed by atoms with Crippen molar-refractivity contribution in [3.05, 3.63) is 60.7 Å². The predicted molar refractivity (Wildman–Crippen MR) is 159 cm³/mol. The fourth-order valence-corrected chi connectivity index (χ4v) is 5.36. The maximum Gasteiger partial charge on any atom is 0.407 e. The van der Waals surface area contributed by atoms with Gasteiger partial charge in [0.15, 0.2) is 21.3 Å². The number of nitrogens with one attached hydrogen (secondary N) is 3. The fraction of sp³-hybridized carbons (Fsp3) is 0.357.